The van der Waals surface area contributed by atoms with Crippen LogP contribution in [0.25, 0.3) is 6.08 Å². The van der Waals surface area contributed by atoms with Crippen LogP contribution in [0.4, 0.5) is 4.79 Å². The predicted molar refractivity (Wildman–Crippen MR) is 100 cm³/mol. The number of carboxylic acids is 1. The van der Waals surface area contributed by atoms with Crippen molar-refractivity contribution >= 4 is 68.5 Å². The standard InChI is InChI=1S/C15H12BrIN2O7/c1-25-12(22)5-19-14(23)10(18-15(19)24)4-7-2-8(16)13(9(17)3-7)26-6-11(20)21/h2-4H,5-6H2,1H3,(H,18,24)(H,20,21)/b10-4+. The number of rotatable bonds is 6. The van der Waals surface area contributed by atoms with Gasteiger partial charge in [-0.15, -0.1) is 0 Å². The van der Waals surface area contributed by atoms with Crippen LogP contribution < -0.4 is 10.1 Å². The van der Waals surface area contributed by atoms with Gasteiger partial charge in [-0.05, 0) is 62.3 Å². The number of benzene rings is 1. The summed E-state index contributed by atoms with van der Waals surface area (Å²) in [7, 11) is 1.16. The van der Waals surface area contributed by atoms with E-state index in [1.54, 1.807) is 12.1 Å². The monoisotopic (exact) mass is 538 g/mol. The van der Waals surface area contributed by atoms with Gasteiger partial charge in [0.2, 0.25) is 0 Å². The number of carboxylic acid groups (broad SMARTS) is 1. The first-order valence-electron chi connectivity index (χ1n) is 6.98. The molecule has 0 aromatic heterocycles. The Balaban J connectivity index is 2.24. The topological polar surface area (TPSA) is 122 Å². The fourth-order valence-electron chi connectivity index (χ4n) is 2.01. The number of urea groups is 1. The van der Waals surface area contributed by atoms with Crippen LogP contribution in [-0.4, -0.2) is 54.1 Å². The molecule has 0 unspecified atom stereocenters. The van der Waals surface area contributed by atoms with E-state index < -0.39 is 37.0 Å². The zero-order valence-corrected chi connectivity index (χ0v) is 17.0. The minimum absolute atomic E-state index is 0.000748. The summed E-state index contributed by atoms with van der Waals surface area (Å²) in [4.78, 5) is 46.7. The number of ether oxygens (including phenoxy) is 2. The molecule has 1 saturated heterocycles. The maximum absolute atomic E-state index is 12.2. The molecule has 9 nitrogen and oxygen atoms in total. The average Bonchev–Trinajstić information content (AvgIpc) is 2.81. The fraction of sp³-hybridized carbons (Fsp3) is 0.200. The molecule has 0 radical (unpaired) electrons. The minimum atomic E-state index is -1.11. The van der Waals surface area contributed by atoms with E-state index in [0.717, 1.165) is 12.0 Å². The van der Waals surface area contributed by atoms with Crippen LogP contribution in [0, 0.1) is 3.57 Å². The number of esters is 1. The Kier molecular flexibility index (Phi) is 6.58. The van der Waals surface area contributed by atoms with Crippen molar-refractivity contribution in [3.05, 3.63) is 31.4 Å². The van der Waals surface area contributed by atoms with E-state index in [1.807, 2.05) is 22.6 Å². The van der Waals surface area contributed by atoms with Crippen molar-refractivity contribution in [3.63, 3.8) is 0 Å². The van der Waals surface area contributed by atoms with Crippen LogP contribution in [0.1, 0.15) is 5.56 Å². The molecule has 0 saturated carbocycles. The molecular weight excluding hydrogens is 527 g/mol. The summed E-state index contributed by atoms with van der Waals surface area (Å²) in [5.74, 6) is -2.13. The van der Waals surface area contributed by atoms with Gasteiger partial charge >= 0.3 is 18.0 Å². The van der Waals surface area contributed by atoms with Crippen molar-refractivity contribution < 1.29 is 33.8 Å². The van der Waals surface area contributed by atoms with Gasteiger partial charge in [0.15, 0.2) is 6.61 Å². The summed E-state index contributed by atoms with van der Waals surface area (Å²) >= 11 is 5.24. The number of nitrogens with zero attached hydrogens (tertiary/aromatic N) is 1. The second-order valence-corrected chi connectivity index (χ2v) is 6.97. The number of hydrogen-bond acceptors (Lipinski definition) is 6. The van der Waals surface area contributed by atoms with E-state index >= 15 is 0 Å². The summed E-state index contributed by atoms with van der Waals surface area (Å²) in [6, 6.07) is 2.54. The van der Waals surface area contributed by atoms with E-state index in [-0.39, 0.29) is 5.70 Å². The molecule has 2 rings (SSSR count). The van der Waals surface area contributed by atoms with Gasteiger partial charge in [0, 0.05) is 0 Å². The predicted octanol–water partition coefficient (Wildman–Crippen LogP) is 1.58. The first-order valence-corrected chi connectivity index (χ1v) is 8.85. The zero-order valence-electron chi connectivity index (χ0n) is 13.2. The Labute approximate surface area is 169 Å². The van der Waals surface area contributed by atoms with Crippen LogP contribution >= 0.6 is 38.5 Å². The summed E-state index contributed by atoms with van der Waals surface area (Å²) in [6.07, 6.45) is 1.44. The Bertz CT molecular complexity index is 801. The summed E-state index contributed by atoms with van der Waals surface area (Å²) in [5.41, 5.74) is 0.563. The number of amides is 3. The summed E-state index contributed by atoms with van der Waals surface area (Å²) in [6.45, 7) is -0.978. The molecule has 3 amide bonds. The normalized spacial score (nSPS) is 15.2. The Morgan fingerprint density at radius 2 is 2.08 bits per heavy atom. The second-order valence-electron chi connectivity index (χ2n) is 4.95. The van der Waals surface area contributed by atoms with Crippen LogP contribution in [0.15, 0.2) is 22.3 Å². The van der Waals surface area contributed by atoms with E-state index in [1.165, 1.54) is 6.08 Å². The lowest BCUT2D eigenvalue weighted by Crippen LogP contribution is -2.36. The lowest BCUT2D eigenvalue weighted by atomic mass is 10.2. The minimum Gasteiger partial charge on any atom is -0.480 e. The van der Waals surface area contributed by atoms with Crippen LogP contribution in [0.5, 0.6) is 5.75 Å². The highest BCUT2D eigenvalue weighted by Crippen LogP contribution is 2.33. The molecule has 1 heterocycles. The molecule has 1 aromatic rings. The smallest absolute Gasteiger partial charge is 0.341 e. The maximum Gasteiger partial charge on any atom is 0.341 e. The van der Waals surface area contributed by atoms with Gasteiger partial charge in [-0.25, -0.2) is 14.5 Å². The Morgan fingerprint density at radius 1 is 1.38 bits per heavy atom. The van der Waals surface area contributed by atoms with Crippen molar-refractivity contribution in [1.29, 1.82) is 0 Å². The number of imide groups is 1. The molecule has 1 aromatic carbocycles. The van der Waals surface area contributed by atoms with Gasteiger partial charge in [0.05, 0.1) is 15.2 Å². The third-order valence-corrected chi connectivity index (χ3v) is 4.54. The van der Waals surface area contributed by atoms with Gasteiger partial charge in [0.1, 0.15) is 18.0 Å². The van der Waals surface area contributed by atoms with Gasteiger partial charge < -0.3 is 19.9 Å². The molecular formula is C15H12BrIN2O7. The molecule has 1 aliphatic heterocycles. The van der Waals surface area contributed by atoms with Crippen molar-refractivity contribution in [2.24, 2.45) is 0 Å². The molecule has 0 bridgehead atoms. The molecule has 26 heavy (non-hydrogen) atoms. The van der Waals surface area contributed by atoms with Gasteiger partial charge in [-0.2, -0.15) is 0 Å². The first-order chi connectivity index (χ1) is 12.2. The van der Waals surface area contributed by atoms with Crippen molar-refractivity contribution in [2.75, 3.05) is 20.3 Å². The molecule has 138 valence electrons. The number of nitrogens with one attached hydrogen (secondary N) is 1. The highest BCUT2D eigenvalue weighted by atomic mass is 127. The van der Waals surface area contributed by atoms with Crippen LogP contribution in [-0.2, 0) is 19.1 Å². The molecule has 0 atom stereocenters. The molecule has 0 spiro atoms. The van der Waals surface area contributed by atoms with Crippen LogP contribution in [0.3, 0.4) is 0 Å². The number of halogens is 2. The van der Waals surface area contributed by atoms with E-state index in [4.69, 9.17) is 9.84 Å². The number of methoxy groups -OCH3 is 1. The highest BCUT2D eigenvalue weighted by molar-refractivity contribution is 14.1. The fourth-order valence-corrected chi connectivity index (χ4v) is 3.78. The quantitative estimate of drug-likeness (QED) is 0.244. The molecule has 0 aliphatic carbocycles. The summed E-state index contributed by atoms with van der Waals surface area (Å²) in [5, 5.41) is 11.1. The summed E-state index contributed by atoms with van der Waals surface area (Å²) < 4.78 is 10.7. The molecule has 1 aliphatic rings. The maximum atomic E-state index is 12.2. The molecule has 1 fully saturated rings. The first kappa shape index (κ1) is 20.2. The molecule has 2 N–H and O–H groups in total. The number of carbonyl (C=O) groups is 4. The molecule has 11 heteroatoms. The third kappa shape index (κ3) is 4.72. The second kappa shape index (κ2) is 8.49. The lowest BCUT2D eigenvalue weighted by molar-refractivity contribution is -0.143. The Hall–Kier alpha value is -2.15. The third-order valence-electron chi connectivity index (χ3n) is 3.15. The van der Waals surface area contributed by atoms with E-state index in [0.29, 0.717) is 19.4 Å². The van der Waals surface area contributed by atoms with Crippen molar-refractivity contribution in [3.8, 4) is 5.75 Å². The van der Waals surface area contributed by atoms with Gasteiger partial charge in [0.25, 0.3) is 5.91 Å². The van der Waals surface area contributed by atoms with Crippen molar-refractivity contribution in [2.45, 2.75) is 0 Å². The van der Waals surface area contributed by atoms with Gasteiger partial charge in [-0.1, -0.05) is 0 Å². The largest absolute Gasteiger partial charge is 0.480 e. The van der Waals surface area contributed by atoms with E-state index in [9.17, 15) is 19.2 Å². The lowest BCUT2D eigenvalue weighted by Gasteiger charge is -2.10. The average molecular weight is 539 g/mol. The number of carbonyl (C=O) groups excluding carboxylic acids is 3. The van der Waals surface area contributed by atoms with Gasteiger partial charge in [-0.3, -0.25) is 9.59 Å². The number of aliphatic carboxylic acids is 1. The number of hydrogen-bond donors (Lipinski definition) is 2. The van der Waals surface area contributed by atoms with Crippen LogP contribution in [0.2, 0.25) is 0 Å². The Morgan fingerprint density at radius 3 is 2.65 bits per heavy atom. The van der Waals surface area contributed by atoms with E-state index in [2.05, 4.69) is 26.0 Å². The zero-order chi connectivity index (χ0) is 19.4. The highest BCUT2D eigenvalue weighted by Gasteiger charge is 2.35. The SMILES string of the molecule is COC(=O)CN1C(=O)N/C(=C/c2cc(Br)c(OCC(=O)O)c(I)c2)C1=O. The van der Waals surface area contributed by atoms with Crippen molar-refractivity contribution in [1.82, 2.24) is 10.2 Å².